The highest BCUT2D eigenvalue weighted by atomic mass is 32.1. The van der Waals surface area contributed by atoms with Crippen molar-refractivity contribution in [1.82, 2.24) is 25.9 Å². The molecule has 0 aliphatic carbocycles. The predicted molar refractivity (Wildman–Crippen MR) is 137 cm³/mol. The first kappa shape index (κ1) is 28.9. The molecule has 11 nitrogen and oxygen atoms in total. The van der Waals surface area contributed by atoms with E-state index in [1.54, 1.807) is 6.92 Å². The number of amides is 3. The molecule has 0 saturated carbocycles. The van der Waals surface area contributed by atoms with Gasteiger partial charge in [-0.05, 0) is 17.9 Å². The van der Waals surface area contributed by atoms with Gasteiger partial charge >= 0.3 is 5.97 Å². The van der Waals surface area contributed by atoms with Crippen molar-refractivity contribution >= 4 is 36.3 Å². The number of aliphatic carboxylic acids is 1. The van der Waals surface area contributed by atoms with Crippen LogP contribution in [0.25, 0.3) is 0 Å². The third-order valence-corrected chi connectivity index (χ3v) is 6.20. The molecule has 36 heavy (non-hydrogen) atoms. The van der Waals surface area contributed by atoms with Gasteiger partial charge in [-0.25, -0.2) is 9.78 Å². The number of nitrogens with one attached hydrogen (secondary N) is 4. The van der Waals surface area contributed by atoms with Crippen molar-refractivity contribution in [2.75, 3.05) is 5.75 Å². The van der Waals surface area contributed by atoms with Gasteiger partial charge < -0.3 is 31.8 Å². The van der Waals surface area contributed by atoms with E-state index in [0.29, 0.717) is 18.5 Å². The van der Waals surface area contributed by atoms with E-state index < -0.39 is 47.9 Å². The second-order valence-corrected chi connectivity index (χ2v) is 8.96. The number of H-pyrrole nitrogens is 1. The van der Waals surface area contributed by atoms with Crippen LogP contribution in [0.4, 0.5) is 0 Å². The molecule has 0 aliphatic rings. The third kappa shape index (κ3) is 8.68. The molecule has 1 heterocycles. The monoisotopic (exact) mass is 518 g/mol. The maximum absolute atomic E-state index is 13.3. The summed E-state index contributed by atoms with van der Waals surface area (Å²) in [6, 6.07) is 5.10. The Bertz CT molecular complexity index is 1000. The fourth-order valence-electron chi connectivity index (χ4n) is 3.47. The predicted octanol–water partition coefficient (Wildman–Crippen LogP) is 0.0371. The summed E-state index contributed by atoms with van der Waals surface area (Å²) in [5.41, 5.74) is 7.54. The number of imidazole rings is 1. The van der Waals surface area contributed by atoms with Gasteiger partial charge in [0.25, 0.3) is 0 Å². The molecule has 0 fully saturated rings. The number of nitrogens with zero attached hydrogens (tertiary/aromatic N) is 1. The average molecular weight is 519 g/mol. The molecule has 1 aromatic carbocycles. The Morgan fingerprint density at radius 1 is 1.03 bits per heavy atom. The minimum Gasteiger partial charge on any atom is -0.480 e. The molecule has 0 radical (unpaired) electrons. The molecule has 2 rings (SSSR count). The normalized spacial score (nSPS) is 15.1. The van der Waals surface area contributed by atoms with Crippen LogP contribution in [0.2, 0.25) is 0 Å². The number of thiol groups is 1. The lowest BCUT2D eigenvalue weighted by atomic mass is 9.96. The SMILES string of the molecule is CCC(C)C(NC(=O)C(N)Cc1ccccc1)C(=O)NC(Cc1cnc[nH]1)C(=O)NC(CS)C(=O)O. The summed E-state index contributed by atoms with van der Waals surface area (Å²) < 4.78 is 0. The molecule has 5 atom stereocenters. The number of benzene rings is 1. The topological polar surface area (TPSA) is 179 Å². The number of carbonyl (C=O) groups excluding carboxylic acids is 3. The minimum absolute atomic E-state index is 0.0329. The number of carbonyl (C=O) groups is 4. The first-order chi connectivity index (χ1) is 17.2. The lowest BCUT2D eigenvalue weighted by molar-refractivity contribution is -0.141. The number of hydrogen-bond acceptors (Lipinski definition) is 7. The fourth-order valence-corrected chi connectivity index (χ4v) is 3.72. The maximum Gasteiger partial charge on any atom is 0.327 e. The number of carboxylic acid groups (broad SMARTS) is 1. The van der Waals surface area contributed by atoms with E-state index in [1.165, 1.54) is 12.5 Å². The van der Waals surface area contributed by atoms with Gasteiger partial charge in [0.15, 0.2) is 0 Å². The molecular formula is C24H34N6O5S. The fraction of sp³-hybridized carbons (Fsp3) is 0.458. The molecule has 0 aliphatic heterocycles. The molecule has 12 heteroatoms. The summed E-state index contributed by atoms with van der Waals surface area (Å²) in [6.45, 7) is 3.68. The lowest BCUT2D eigenvalue weighted by Gasteiger charge is -2.27. The molecule has 1 aromatic heterocycles. The van der Waals surface area contributed by atoms with E-state index in [4.69, 9.17) is 5.73 Å². The van der Waals surface area contributed by atoms with Crippen LogP contribution in [0.1, 0.15) is 31.5 Å². The Kier molecular flexibility index (Phi) is 11.4. The highest BCUT2D eigenvalue weighted by Gasteiger charge is 2.32. The van der Waals surface area contributed by atoms with Gasteiger partial charge in [0.05, 0.1) is 12.4 Å². The summed E-state index contributed by atoms with van der Waals surface area (Å²) in [7, 11) is 0. The van der Waals surface area contributed by atoms with Crippen LogP contribution in [0.3, 0.4) is 0 Å². The van der Waals surface area contributed by atoms with Crippen molar-refractivity contribution in [2.45, 2.75) is 57.3 Å². The van der Waals surface area contributed by atoms with Gasteiger partial charge in [-0.15, -0.1) is 0 Å². The van der Waals surface area contributed by atoms with Crippen LogP contribution in [0.15, 0.2) is 42.9 Å². The van der Waals surface area contributed by atoms with Crippen LogP contribution >= 0.6 is 12.6 Å². The summed E-state index contributed by atoms with van der Waals surface area (Å²) in [4.78, 5) is 57.2. The van der Waals surface area contributed by atoms with Crippen molar-refractivity contribution in [3.05, 3.63) is 54.1 Å². The lowest BCUT2D eigenvalue weighted by Crippen LogP contribution is -2.59. The number of aromatic amines is 1. The number of aromatic nitrogens is 2. The molecule has 3 amide bonds. The maximum atomic E-state index is 13.3. The molecule has 0 bridgehead atoms. The average Bonchev–Trinajstić information content (AvgIpc) is 3.38. The zero-order valence-electron chi connectivity index (χ0n) is 20.3. The standard InChI is InChI=1S/C24H34N6O5S/c1-3-14(2)20(30-21(31)17(25)9-15-7-5-4-6-8-15)23(33)28-18(10-16-11-26-13-27-16)22(32)29-19(12-36)24(34)35/h4-8,11,13-14,17-20,36H,3,9-10,12,25H2,1-2H3,(H,26,27)(H,28,33)(H,29,32)(H,30,31)(H,34,35). The van der Waals surface area contributed by atoms with E-state index in [0.717, 1.165) is 5.56 Å². The molecule has 0 saturated heterocycles. The van der Waals surface area contributed by atoms with Crippen molar-refractivity contribution in [2.24, 2.45) is 11.7 Å². The van der Waals surface area contributed by atoms with Crippen LogP contribution in [0, 0.1) is 5.92 Å². The number of nitrogens with two attached hydrogens (primary N) is 1. The summed E-state index contributed by atoms with van der Waals surface area (Å²) >= 11 is 3.96. The third-order valence-electron chi connectivity index (χ3n) is 5.84. The van der Waals surface area contributed by atoms with E-state index in [1.807, 2.05) is 37.3 Å². The smallest absolute Gasteiger partial charge is 0.327 e. The van der Waals surface area contributed by atoms with Gasteiger partial charge in [-0.2, -0.15) is 12.6 Å². The Balaban J connectivity index is 2.16. The molecular weight excluding hydrogens is 484 g/mol. The highest BCUT2D eigenvalue weighted by molar-refractivity contribution is 7.80. The molecule has 196 valence electrons. The number of rotatable bonds is 14. The van der Waals surface area contributed by atoms with Gasteiger partial charge in [0, 0.05) is 24.1 Å². The second kappa shape index (κ2) is 14.2. The summed E-state index contributed by atoms with van der Waals surface area (Å²) in [5, 5.41) is 17.0. The van der Waals surface area contributed by atoms with E-state index in [-0.39, 0.29) is 18.1 Å². The van der Waals surface area contributed by atoms with Crippen LogP contribution in [-0.4, -0.2) is 68.7 Å². The van der Waals surface area contributed by atoms with Crippen molar-refractivity contribution in [1.29, 1.82) is 0 Å². The van der Waals surface area contributed by atoms with Gasteiger partial charge in [0.1, 0.15) is 18.1 Å². The Hall–Kier alpha value is -3.38. The summed E-state index contributed by atoms with van der Waals surface area (Å²) in [5.74, 6) is -3.41. The van der Waals surface area contributed by atoms with Crippen molar-refractivity contribution in [3.63, 3.8) is 0 Å². The summed E-state index contributed by atoms with van der Waals surface area (Å²) in [6.07, 6.45) is 3.83. The molecule has 0 spiro atoms. The molecule has 2 aromatic rings. The Morgan fingerprint density at radius 2 is 1.69 bits per heavy atom. The van der Waals surface area contributed by atoms with E-state index in [2.05, 4.69) is 38.5 Å². The highest BCUT2D eigenvalue weighted by Crippen LogP contribution is 2.11. The van der Waals surface area contributed by atoms with Crippen LogP contribution < -0.4 is 21.7 Å². The van der Waals surface area contributed by atoms with E-state index >= 15 is 0 Å². The van der Waals surface area contributed by atoms with Crippen molar-refractivity contribution < 1.29 is 24.3 Å². The zero-order chi connectivity index (χ0) is 26.7. The number of carboxylic acids is 1. The Morgan fingerprint density at radius 3 is 2.25 bits per heavy atom. The van der Waals surface area contributed by atoms with Crippen LogP contribution in [0.5, 0.6) is 0 Å². The van der Waals surface area contributed by atoms with Crippen molar-refractivity contribution in [3.8, 4) is 0 Å². The first-order valence-electron chi connectivity index (χ1n) is 11.7. The van der Waals surface area contributed by atoms with Gasteiger partial charge in [0.2, 0.25) is 17.7 Å². The minimum atomic E-state index is -1.25. The van der Waals surface area contributed by atoms with Gasteiger partial charge in [-0.3, -0.25) is 14.4 Å². The quantitative estimate of drug-likeness (QED) is 0.172. The second-order valence-electron chi connectivity index (χ2n) is 8.59. The molecule has 7 N–H and O–H groups in total. The zero-order valence-corrected chi connectivity index (χ0v) is 21.2. The largest absolute Gasteiger partial charge is 0.480 e. The number of hydrogen-bond donors (Lipinski definition) is 7. The first-order valence-corrected chi connectivity index (χ1v) is 12.3. The Labute approximate surface area is 215 Å². The van der Waals surface area contributed by atoms with Crippen LogP contribution in [-0.2, 0) is 32.0 Å². The van der Waals surface area contributed by atoms with E-state index in [9.17, 15) is 24.3 Å². The molecule has 5 unspecified atom stereocenters. The van der Waals surface area contributed by atoms with Gasteiger partial charge in [-0.1, -0.05) is 50.6 Å².